The molecule has 0 heteroatoms. The maximum atomic E-state index is 3.77. The molecule has 0 atom stereocenters. The zero-order valence-corrected chi connectivity index (χ0v) is 6.03. The van der Waals surface area contributed by atoms with Gasteiger partial charge in [-0.3, -0.25) is 0 Å². The first-order chi connectivity index (χ1) is 4.92. The summed E-state index contributed by atoms with van der Waals surface area (Å²) >= 11 is 0. The van der Waals surface area contributed by atoms with E-state index in [0.717, 1.165) is 24.2 Å². The Balaban J connectivity index is 2.10. The fourth-order valence-electron chi connectivity index (χ4n) is 1.98. The molecule has 0 saturated carbocycles. The van der Waals surface area contributed by atoms with E-state index >= 15 is 0 Å². The summed E-state index contributed by atoms with van der Waals surface area (Å²) in [5, 5.41) is 0. The van der Waals surface area contributed by atoms with Crippen LogP contribution in [0.25, 0.3) is 0 Å². The average Bonchev–Trinajstić information content (AvgIpc) is 2.50. The highest BCUT2D eigenvalue weighted by molar-refractivity contribution is 5.25. The molecule has 0 aromatic rings. The summed E-state index contributed by atoms with van der Waals surface area (Å²) in [7, 11) is 0. The Kier molecular flexibility index (Phi) is 1.26. The fraction of sp³-hybridized carbons (Fsp3) is 0.400. The van der Waals surface area contributed by atoms with Gasteiger partial charge < -0.3 is 0 Å². The Hall–Kier alpha value is -0.780. The SMILES string of the molecule is C=CCC1C2C=CC1C=C2. The Morgan fingerprint density at radius 2 is 1.60 bits per heavy atom. The molecule has 0 aromatic heterocycles. The van der Waals surface area contributed by atoms with Crippen LogP contribution in [0.3, 0.4) is 0 Å². The highest BCUT2D eigenvalue weighted by Gasteiger charge is 2.31. The van der Waals surface area contributed by atoms with E-state index in [2.05, 4.69) is 30.9 Å². The van der Waals surface area contributed by atoms with Crippen molar-refractivity contribution in [2.75, 3.05) is 0 Å². The molecule has 0 aromatic carbocycles. The lowest BCUT2D eigenvalue weighted by Gasteiger charge is -2.12. The molecule has 0 unspecified atom stereocenters. The molecule has 0 fully saturated rings. The Morgan fingerprint density at radius 3 is 2.00 bits per heavy atom. The van der Waals surface area contributed by atoms with Crippen molar-refractivity contribution in [2.45, 2.75) is 6.42 Å². The zero-order chi connectivity index (χ0) is 6.97. The molecule has 52 valence electrons. The number of allylic oxidation sites excluding steroid dienone is 5. The van der Waals surface area contributed by atoms with Crippen molar-refractivity contribution in [1.29, 1.82) is 0 Å². The maximum absolute atomic E-state index is 3.77. The van der Waals surface area contributed by atoms with Crippen LogP contribution in [0.4, 0.5) is 0 Å². The van der Waals surface area contributed by atoms with Crippen LogP contribution in [0.1, 0.15) is 6.42 Å². The first kappa shape index (κ1) is 5.96. The molecule has 0 heterocycles. The van der Waals surface area contributed by atoms with Crippen LogP contribution in [-0.2, 0) is 0 Å². The Morgan fingerprint density at radius 1 is 1.10 bits per heavy atom. The van der Waals surface area contributed by atoms with Crippen molar-refractivity contribution >= 4 is 0 Å². The molecule has 10 heavy (non-hydrogen) atoms. The van der Waals surface area contributed by atoms with E-state index in [-0.39, 0.29) is 0 Å². The Bertz CT molecular complexity index is 168. The minimum absolute atomic E-state index is 0.725. The van der Waals surface area contributed by atoms with Crippen molar-refractivity contribution in [2.24, 2.45) is 17.8 Å². The van der Waals surface area contributed by atoms with Gasteiger partial charge in [-0.2, -0.15) is 0 Å². The van der Waals surface area contributed by atoms with E-state index in [1.54, 1.807) is 0 Å². The molecule has 2 bridgehead atoms. The van der Waals surface area contributed by atoms with E-state index in [4.69, 9.17) is 0 Å². The molecule has 0 nitrogen and oxygen atoms in total. The second-order valence-corrected chi connectivity index (χ2v) is 3.11. The summed E-state index contributed by atoms with van der Waals surface area (Å²) in [6, 6.07) is 0. The van der Waals surface area contributed by atoms with Crippen LogP contribution in [0.15, 0.2) is 37.0 Å². The topological polar surface area (TPSA) is 0 Å². The van der Waals surface area contributed by atoms with Gasteiger partial charge in [-0.15, -0.1) is 6.58 Å². The number of fused-ring (bicyclic) bond motifs is 2. The third-order valence-electron chi connectivity index (χ3n) is 2.54. The first-order valence-corrected chi connectivity index (χ1v) is 3.89. The molecule has 2 rings (SSSR count). The third-order valence-corrected chi connectivity index (χ3v) is 2.54. The molecule has 2 aliphatic carbocycles. The van der Waals surface area contributed by atoms with Crippen molar-refractivity contribution in [1.82, 2.24) is 0 Å². The summed E-state index contributed by atoms with van der Waals surface area (Å²) in [5.74, 6) is 2.27. The van der Waals surface area contributed by atoms with Crippen molar-refractivity contribution in [3.63, 3.8) is 0 Å². The molecule has 0 amide bonds. The molecule has 0 N–H and O–H groups in total. The second kappa shape index (κ2) is 2.12. The van der Waals surface area contributed by atoms with Gasteiger partial charge in [0, 0.05) is 0 Å². The van der Waals surface area contributed by atoms with Crippen molar-refractivity contribution in [3.8, 4) is 0 Å². The van der Waals surface area contributed by atoms with Gasteiger partial charge in [-0.25, -0.2) is 0 Å². The van der Waals surface area contributed by atoms with Gasteiger partial charge in [0.25, 0.3) is 0 Å². The third kappa shape index (κ3) is 0.683. The number of hydrogen-bond donors (Lipinski definition) is 0. The normalized spacial score (nSPS) is 41.0. The first-order valence-electron chi connectivity index (χ1n) is 3.89. The van der Waals surface area contributed by atoms with Gasteiger partial charge in [-0.1, -0.05) is 30.4 Å². The van der Waals surface area contributed by atoms with E-state index in [1.165, 1.54) is 0 Å². The molecule has 2 aliphatic rings. The second-order valence-electron chi connectivity index (χ2n) is 3.11. The van der Waals surface area contributed by atoms with E-state index in [9.17, 15) is 0 Å². The summed E-state index contributed by atoms with van der Waals surface area (Å²) in [6.07, 6.45) is 12.5. The highest BCUT2D eigenvalue weighted by atomic mass is 14.4. The van der Waals surface area contributed by atoms with Crippen LogP contribution in [0.2, 0.25) is 0 Å². The molecule has 0 saturated heterocycles. The lowest BCUT2D eigenvalue weighted by atomic mass is 9.92. The molecular formula is C10H12. The molecule has 0 spiro atoms. The van der Waals surface area contributed by atoms with Crippen LogP contribution in [0, 0.1) is 17.8 Å². The zero-order valence-electron chi connectivity index (χ0n) is 6.03. The van der Waals surface area contributed by atoms with Crippen LogP contribution in [-0.4, -0.2) is 0 Å². The summed E-state index contributed by atoms with van der Waals surface area (Å²) in [5.41, 5.74) is 0. The summed E-state index contributed by atoms with van der Waals surface area (Å²) in [6.45, 7) is 3.77. The van der Waals surface area contributed by atoms with Gasteiger partial charge in [0.2, 0.25) is 0 Å². The van der Waals surface area contributed by atoms with Crippen LogP contribution < -0.4 is 0 Å². The standard InChI is InChI=1S/C10H12/c1-2-3-10-8-4-5-9(10)7-6-8/h2,4-10H,1,3H2. The summed E-state index contributed by atoms with van der Waals surface area (Å²) < 4.78 is 0. The van der Waals surface area contributed by atoms with Crippen LogP contribution in [0.5, 0.6) is 0 Å². The lowest BCUT2D eigenvalue weighted by molar-refractivity contribution is 0.459. The van der Waals surface area contributed by atoms with E-state index in [1.807, 2.05) is 6.08 Å². The predicted molar refractivity (Wildman–Crippen MR) is 43.6 cm³/mol. The van der Waals surface area contributed by atoms with Crippen LogP contribution >= 0.6 is 0 Å². The number of hydrogen-bond acceptors (Lipinski definition) is 0. The van der Waals surface area contributed by atoms with E-state index in [0.29, 0.717) is 0 Å². The smallest absolute Gasteiger partial charge is 0.00132 e. The van der Waals surface area contributed by atoms with Crippen molar-refractivity contribution in [3.05, 3.63) is 37.0 Å². The van der Waals surface area contributed by atoms with Gasteiger partial charge in [-0.05, 0) is 24.2 Å². The van der Waals surface area contributed by atoms with Crippen molar-refractivity contribution < 1.29 is 0 Å². The van der Waals surface area contributed by atoms with Gasteiger partial charge in [0.1, 0.15) is 0 Å². The highest BCUT2D eigenvalue weighted by Crippen LogP contribution is 2.40. The van der Waals surface area contributed by atoms with Gasteiger partial charge in [0.05, 0.1) is 0 Å². The minimum Gasteiger partial charge on any atom is -0.103 e. The number of rotatable bonds is 2. The fourth-order valence-corrected chi connectivity index (χ4v) is 1.98. The largest absolute Gasteiger partial charge is 0.103 e. The van der Waals surface area contributed by atoms with Gasteiger partial charge >= 0.3 is 0 Å². The molecular weight excluding hydrogens is 120 g/mol. The molecule has 0 aliphatic heterocycles. The Labute approximate surface area is 61.9 Å². The average molecular weight is 132 g/mol. The van der Waals surface area contributed by atoms with Gasteiger partial charge in [0.15, 0.2) is 0 Å². The van der Waals surface area contributed by atoms with E-state index < -0.39 is 0 Å². The monoisotopic (exact) mass is 132 g/mol. The minimum atomic E-state index is 0.725. The lowest BCUT2D eigenvalue weighted by Crippen LogP contribution is -2.05. The predicted octanol–water partition coefficient (Wildman–Crippen LogP) is 2.55. The quantitative estimate of drug-likeness (QED) is 0.506. The molecule has 0 radical (unpaired) electrons. The maximum Gasteiger partial charge on any atom is -0.00132 e. The summed E-state index contributed by atoms with van der Waals surface area (Å²) in [4.78, 5) is 0.